The Morgan fingerprint density at radius 1 is 1.00 bits per heavy atom. The molecule has 0 fully saturated rings. The van der Waals surface area contributed by atoms with Crippen molar-refractivity contribution in [1.29, 1.82) is 0 Å². The maximum absolute atomic E-state index is 12.7. The SMILES string of the molecule is O=C(c1cscn1)N(Cc1ccccc1)c1ccccc1. The van der Waals surface area contributed by atoms with Gasteiger partial charge in [0.25, 0.3) is 5.91 Å². The number of thiazole rings is 1. The smallest absolute Gasteiger partial charge is 0.278 e. The van der Waals surface area contributed by atoms with Gasteiger partial charge in [0.05, 0.1) is 12.1 Å². The van der Waals surface area contributed by atoms with Crippen LogP contribution in [0.3, 0.4) is 0 Å². The summed E-state index contributed by atoms with van der Waals surface area (Å²) in [6.07, 6.45) is 0. The molecular formula is C17H14N2OS. The first kappa shape index (κ1) is 13.5. The highest BCUT2D eigenvalue weighted by Crippen LogP contribution is 2.20. The highest BCUT2D eigenvalue weighted by atomic mass is 32.1. The zero-order chi connectivity index (χ0) is 14.5. The Bertz CT molecular complexity index is 696. The summed E-state index contributed by atoms with van der Waals surface area (Å²) in [5.41, 5.74) is 4.13. The molecule has 0 saturated carbocycles. The third-order valence-corrected chi connectivity index (χ3v) is 3.73. The van der Waals surface area contributed by atoms with E-state index in [1.165, 1.54) is 11.3 Å². The molecule has 0 radical (unpaired) electrons. The van der Waals surface area contributed by atoms with E-state index < -0.39 is 0 Å². The number of hydrogen-bond acceptors (Lipinski definition) is 3. The van der Waals surface area contributed by atoms with E-state index in [0.717, 1.165) is 11.3 Å². The standard InChI is InChI=1S/C17H14N2OS/c20-17(16-12-21-13-18-16)19(15-9-5-2-6-10-15)11-14-7-3-1-4-8-14/h1-10,12-13H,11H2. The monoisotopic (exact) mass is 294 g/mol. The van der Waals surface area contributed by atoms with Crippen molar-refractivity contribution in [2.45, 2.75) is 6.54 Å². The normalized spacial score (nSPS) is 10.3. The summed E-state index contributed by atoms with van der Waals surface area (Å²) in [6.45, 7) is 0.529. The second-order valence-electron chi connectivity index (χ2n) is 4.59. The van der Waals surface area contributed by atoms with Crippen LogP contribution in [0.5, 0.6) is 0 Å². The van der Waals surface area contributed by atoms with Crippen LogP contribution in [0.25, 0.3) is 0 Å². The average molecular weight is 294 g/mol. The van der Waals surface area contributed by atoms with Gasteiger partial charge in [-0.2, -0.15) is 0 Å². The van der Waals surface area contributed by atoms with Crippen molar-refractivity contribution in [2.75, 3.05) is 4.90 Å². The minimum Gasteiger partial charge on any atom is -0.303 e. The molecule has 0 saturated heterocycles. The van der Waals surface area contributed by atoms with Gasteiger partial charge < -0.3 is 4.90 Å². The van der Waals surface area contributed by atoms with Gasteiger partial charge in [-0.25, -0.2) is 4.98 Å². The average Bonchev–Trinajstić information content (AvgIpc) is 3.08. The van der Waals surface area contributed by atoms with Gasteiger partial charge in [-0.15, -0.1) is 11.3 Å². The van der Waals surface area contributed by atoms with Crippen LogP contribution in [0.1, 0.15) is 16.1 Å². The highest BCUT2D eigenvalue weighted by Gasteiger charge is 2.19. The second-order valence-corrected chi connectivity index (χ2v) is 5.30. The van der Waals surface area contributed by atoms with Crippen LogP contribution in [-0.2, 0) is 6.54 Å². The first-order valence-corrected chi connectivity index (χ1v) is 7.58. The molecule has 3 aromatic rings. The van der Waals surface area contributed by atoms with Crippen molar-refractivity contribution in [2.24, 2.45) is 0 Å². The summed E-state index contributed by atoms with van der Waals surface area (Å²) < 4.78 is 0. The van der Waals surface area contributed by atoms with Gasteiger partial charge in [-0.1, -0.05) is 48.5 Å². The number of hydrogen-bond donors (Lipinski definition) is 0. The Morgan fingerprint density at radius 3 is 2.29 bits per heavy atom. The molecule has 0 aliphatic heterocycles. The third kappa shape index (κ3) is 3.17. The molecule has 4 heteroatoms. The molecule has 2 aromatic carbocycles. The minimum atomic E-state index is -0.0775. The van der Waals surface area contributed by atoms with E-state index in [0.29, 0.717) is 12.2 Å². The van der Waals surface area contributed by atoms with E-state index in [9.17, 15) is 4.79 Å². The maximum Gasteiger partial charge on any atom is 0.278 e. The van der Waals surface area contributed by atoms with E-state index >= 15 is 0 Å². The van der Waals surface area contributed by atoms with Crippen LogP contribution in [-0.4, -0.2) is 10.9 Å². The van der Waals surface area contributed by atoms with Crippen LogP contribution in [0.4, 0.5) is 5.69 Å². The quantitative estimate of drug-likeness (QED) is 0.729. The fourth-order valence-electron chi connectivity index (χ4n) is 2.11. The number of carbonyl (C=O) groups is 1. The summed E-state index contributed by atoms with van der Waals surface area (Å²) in [6, 6.07) is 19.6. The number of rotatable bonds is 4. The topological polar surface area (TPSA) is 33.2 Å². The van der Waals surface area contributed by atoms with E-state index in [1.807, 2.05) is 60.7 Å². The summed E-state index contributed by atoms with van der Waals surface area (Å²) in [4.78, 5) is 18.6. The number of nitrogens with zero attached hydrogens (tertiary/aromatic N) is 2. The number of carbonyl (C=O) groups excluding carboxylic acids is 1. The molecule has 0 aliphatic rings. The molecule has 0 N–H and O–H groups in total. The predicted molar refractivity (Wildman–Crippen MR) is 85.5 cm³/mol. The largest absolute Gasteiger partial charge is 0.303 e. The maximum atomic E-state index is 12.7. The van der Waals surface area contributed by atoms with Gasteiger partial charge in [0.15, 0.2) is 0 Å². The molecule has 0 bridgehead atoms. The molecular weight excluding hydrogens is 280 g/mol. The molecule has 1 aromatic heterocycles. The Morgan fingerprint density at radius 2 is 1.67 bits per heavy atom. The molecule has 0 aliphatic carbocycles. The van der Waals surface area contributed by atoms with Crippen molar-refractivity contribution >= 4 is 22.9 Å². The van der Waals surface area contributed by atoms with Crippen molar-refractivity contribution in [3.8, 4) is 0 Å². The highest BCUT2D eigenvalue weighted by molar-refractivity contribution is 7.07. The lowest BCUT2D eigenvalue weighted by atomic mass is 10.2. The van der Waals surface area contributed by atoms with Crippen LogP contribution < -0.4 is 4.90 Å². The molecule has 0 atom stereocenters. The van der Waals surface area contributed by atoms with Gasteiger partial charge in [0.2, 0.25) is 0 Å². The third-order valence-electron chi connectivity index (χ3n) is 3.15. The number of benzene rings is 2. The molecule has 1 amide bonds. The predicted octanol–water partition coefficient (Wildman–Crippen LogP) is 3.99. The first-order valence-electron chi connectivity index (χ1n) is 6.63. The number of amides is 1. The van der Waals surface area contributed by atoms with Gasteiger partial charge in [0.1, 0.15) is 5.69 Å². The Kier molecular flexibility index (Phi) is 4.07. The van der Waals surface area contributed by atoms with Crippen LogP contribution in [0.15, 0.2) is 71.6 Å². The van der Waals surface area contributed by atoms with Crippen molar-refractivity contribution in [1.82, 2.24) is 4.98 Å². The lowest BCUT2D eigenvalue weighted by Gasteiger charge is -2.22. The van der Waals surface area contributed by atoms with E-state index in [1.54, 1.807) is 15.8 Å². The van der Waals surface area contributed by atoms with E-state index in [4.69, 9.17) is 0 Å². The zero-order valence-corrected chi connectivity index (χ0v) is 12.2. The van der Waals surface area contributed by atoms with Gasteiger partial charge in [0, 0.05) is 11.1 Å². The number of para-hydroxylation sites is 1. The molecule has 3 rings (SSSR count). The van der Waals surface area contributed by atoms with E-state index in [2.05, 4.69) is 4.98 Å². The number of aromatic nitrogens is 1. The molecule has 0 unspecified atom stereocenters. The molecule has 21 heavy (non-hydrogen) atoms. The van der Waals surface area contributed by atoms with Gasteiger partial charge in [-0.3, -0.25) is 4.79 Å². The lowest BCUT2D eigenvalue weighted by molar-refractivity contribution is 0.0981. The summed E-state index contributed by atoms with van der Waals surface area (Å²) in [5, 5.41) is 1.78. The zero-order valence-electron chi connectivity index (χ0n) is 11.3. The number of anilines is 1. The second kappa shape index (κ2) is 6.33. The fraction of sp³-hybridized carbons (Fsp3) is 0.0588. The van der Waals surface area contributed by atoms with E-state index in [-0.39, 0.29) is 5.91 Å². The summed E-state index contributed by atoms with van der Waals surface area (Å²) in [5.74, 6) is -0.0775. The molecule has 104 valence electrons. The van der Waals surface area contributed by atoms with Crippen molar-refractivity contribution < 1.29 is 4.79 Å². The van der Waals surface area contributed by atoms with Crippen LogP contribution in [0.2, 0.25) is 0 Å². The van der Waals surface area contributed by atoms with Crippen molar-refractivity contribution in [3.05, 3.63) is 82.8 Å². The minimum absolute atomic E-state index is 0.0775. The Hall–Kier alpha value is -2.46. The van der Waals surface area contributed by atoms with Crippen LogP contribution >= 0.6 is 11.3 Å². The summed E-state index contributed by atoms with van der Waals surface area (Å²) in [7, 11) is 0. The Balaban J connectivity index is 1.93. The molecule has 1 heterocycles. The van der Waals surface area contributed by atoms with Crippen molar-refractivity contribution in [3.63, 3.8) is 0 Å². The summed E-state index contributed by atoms with van der Waals surface area (Å²) >= 11 is 1.43. The lowest BCUT2D eigenvalue weighted by Crippen LogP contribution is -2.30. The fourth-order valence-corrected chi connectivity index (χ4v) is 2.64. The first-order chi connectivity index (χ1) is 10.3. The van der Waals surface area contributed by atoms with Crippen LogP contribution in [0, 0.1) is 0 Å². The van der Waals surface area contributed by atoms with Gasteiger partial charge >= 0.3 is 0 Å². The molecule has 3 nitrogen and oxygen atoms in total. The Labute approximate surface area is 127 Å². The van der Waals surface area contributed by atoms with Gasteiger partial charge in [-0.05, 0) is 17.7 Å². The molecule has 0 spiro atoms.